The van der Waals surface area contributed by atoms with E-state index in [0.29, 0.717) is 11.0 Å². The van der Waals surface area contributed by atoms with Crippen LogP contribution in [0.1, 0.15) is 12.5 Å². The topological polar surface area (TPSA) is 98.3 Å². The Morgan fingerprint density at radius 1 is 1.65 bits per heavy atom. The maximum Gasteiger partial charge on any atom is 0.270 e. The van der Waals surface area contributed by atoms with Crippen LogP contribution in [0.4, 0.5) is 5.69 Å². The minimum Gasteiger partial charge on any atom is -0.368 e. The predicted molar refractivity (Wildman–Crippen MR) is 66.3 cm³/mol. The molecule has 0 saturated carbocycles. The molecular weight excluding hydrogens is 290 g/mol. The molecule has 1 rings (SSSR count). The van der Waals surface area contributed by atoms with E-state index < -0.39 is 16.9 Å². The van der Waals surface area contributed by atoms with E-state index in [1.165, 1.54) is 12.1 Å². The zero-order chi connectivity index (χ0) is 13.0. The van der Waals surface area contributed by atoms with Gasteiger partial charge in [-0.25, -0.2) is 0 Å². The highest BCUT2D eigenvalue weighted by Gasteiger charge is 2.11. The fourth-order valence-electron chi connectivity index (χ4n) is 1.16. The van der Waals surface area contributed by atoms with Gasteiger partial charge in [-0.3, -0.25) is 14.9 Å². The van der Waals surface area contributed by atoms with Gasteiger partial charge in [0.25, 0.3) is 5.69 Å². The average molecular weight is 302 g/mol. The van der Waals surface area contributed by atoms with Crippen LogP contribution in [0.5, 0.6) is 0 Å². The molecule has 0 heterocycles. The van der Waals surface area contributed by atoms with Crippen LogP contribution in [-0.4, -0.2) is 16.9 Å². The van der Waals surface area contributed by atoms with Crippen molar-refractivity contribution < 1.29 is 9.72 Å². The standard InChI is InChI=1S/C10H12BrN3O3/c1-6(10(12)15)13-5-7-2-3-8(14(16)17)4-9(7)11/h2-4,6,13H,5H2,1H3,(H2,12,15). The van der Waals surface area contributed by atoms with E-state index in [0.717, 1.165) is 5.56 Å². The third kappa shape index (κ3) is 3.79. The van der Waals surface area contributed by atoms with Gasteiger partial charge in [-0.15, -0.1) is 0 Å². The van der Waals surface area contributed by atoms with E-state index in [4.69, 9.17) is 5.73 Å². The number of primary amides is 1. The summed E-state index contributed by atoms with van der Waals surface area (Å²) in [5, 5.41) is 13.4. The first kappa shape index (κ1) is 13.6. The molecule has 1 unspecified atom stereocenters. The van der Waals surface area contributed by atoms with Crippen LogP contribution in [-0.2, 0) is 11.3 Å². The Hall–Kier alpha value is -1.47. The van der Waals surface area contributed by atoms with Crippen LogP contribution in [0.25, 0.3) is 0 Å². The third-order valence-corrected chi connectivity index (χ3v) is 3.01. The molecule has 6 nitrogen and oxygen atoms in total. The summed E-state index contributed by atoms with van der Waals surface area (Å²) in [4.78, 5) is 20.9. The highest BCUT2D eigenvalue weighted by molar-refractivity contribution is 9.10. The number of non-ortho nitro benzene ring substituents is 1. The molecule has 0 aliphatic heterocycles. The molecule has 0 bridgehead atoms. The molecule has 92 valence electrons. The van der Waals surface area contributed by atoms with E-state index in [1.54, 1.807) is 13.0 Å². The van der Waals surface area contributed by atoms with Gasteiger partial charge in [-0.1, -0.05) is 15.9 Å². The summed E-state index contributed by atoms with van der Waals surface area (Å²) in [6, 6.07) is 4.02. The zero-order valence-electron chi connectivity index (χ0n) is 9.14. The summed E-state index contributed by atoms with van der Waals surface area (Å²) in [5.74, 6) is -0.442. The van der Waals surface area contributed by atoms with Crippen molar-refractivity contribution in [3.8, 4) is 0 Å². The lowest BCUT2D eigenvalue weighted by Crippen LogP contribution is -2.38. The molecule has 17 heavy (non-hydrogen) atoms. The van der Waals surface area contributed by atoms with Gasteiger partial charge in [0, 0.05) is 23.2 Å². The van der Waals surface area contributed by atoms with Crippen LogP contribution in [0.3, 0.4) is 0 Å². The molecule has 1 amide bonds. The zero-order valence-corrected chi connectivity index (χ0v) is 10.7. The number of nitrogens with one attached hydrogen (secondary N) is 1. The first-order chi connectivity index (χ1) is 7.91. The fourth-order valence-corrected chi connectivity index (χ4v) is 1.66. The number of amides is 1. The summed E-state index contributed by atoms with van der Waals surface area (Å²) in [6.45, 7) is 2.06. The molecule has 0 aliphatic rings. The highest BCUT2D eigenvalue weighted by atomic mass is 79.9. The Morgan fingerprint density at radius 3 is 2.76 bits per heavy atom. The third-order valence-electron chi connectivity index (χ3n) is 2.27. The summed E-state index contributed by atoms with van der Waals surface area (Å²) >= 11 is 3.24. The number of nitrogens with zero attached hydrogens (tertiary/aromatic N) is 1. The smallest absolute Gasteiger partial charge is 0.270 e. The van der Waals surface area contributed by atoms with Gasteiger partial charge < -0.3 is 11.1 Å². The summed E-state index contributed by atoms with van der Waals surface area (Å²) in [5.41, 5.74) is 5.94. The SMILES string of the molecule is CC(NCc1ccc([N+](=O)[O-])cc1Br)C(N)=O. The maximum atomic E-state index is 10.8. The van der Waals surface area contributed by atoms with Gasteiger partial charge in [0.1, 0.15) is 0 Å². The molecule has 0 aliphatic carbocycles. The molecule has 0 saturated heterocycles. The Labute approximate surface area is 106 Å². The van der Waals surface area contributed by atoms with Gasteiger partial charge >= 0.3 is 0 Å². The van der Waals surface area contributed by atoms with Crippen molar-refractivity contribution >= 4 is 27.5 Å². The molecule has 0 spiro atoms. The summed E-state index contributed by atoms with van der Waals surface area (Å²) < 4.78 is 0.621. The minimum atomic E-state index is -0.464. The number of halogens is 1. The van der Waals surface area contributed by atoms with Crippen molar-refractivity contribution in [1.82, 2.24) is 5.32 Å². The lowest BCUT2D eigenvalue weighted by Gasteiger charge is -2.10. The average Bonchev–Trinajstić information content (AvgIpc) is 2.26. The number of benzene rings is 1. The molecule has 7 heteroatoms. The van der Waals surface area contributed by atoms with Gasteiger partial charge in [0.05, 0.1) is 11.0 Å². The number of carbonyl (C=O) groups is 1. The second kappa shape index (κ2) is 5.74. The number of rotatable bonds is 5. The van der Waals surface area contributed by atoms with E-state index in [1.807, 2.05) is 0 Å². The Balaban J connectivity index is 2.73. The van der Waals surface area contributed by atoms with Crippen molar-refractivity contribution in [3.63, 3.8) is 0 Å². The van der Waals surface area contributed by atoms with Gasteiger partial charge in [-0.2, -0.15) is 0 Å². The molecule has 1 atom stereocenters. The number of nitrogens with two attached hydrogens (primary N) is 1. The summed E-state index contributed by atoms with van der Waals surface area (Å²) in [7, 11) is 0. The second-order valence-corrected chi connectivity index (χ2v) is 4.39. The van der Waals surface area contributed by atoms with E-state index in [9.17, 15) is 14.9 Å². The Bertz CT molecular complexity index is 450. The monoisotopic (exact) mass is 301 g/mol. The van der Waals surface area contributed by atoms with Gasteiger partial charge in [0.15, 0.2) is 0 Å². The van der Waals surface area contributed by atoms with Crippen molar-refractivity contribution in [2.45, 2.75) is 19.5 Å². The van der Waals surface area contributed by atoms with Crippen LogP contribution in [0.2, 0.25) is 0 Å². The fraction of sp³-hybridized carbons (Fsp3) is 0.300. The van der Waals surface area contributed by atoms with Crippen LogP contribution >= 0.6 is 15.9 Å². The first-order valence-corrected chi connectivity index (χ1v) is 5.66. The van der Waals surface area contributed by atoms with Crippen molar-refractivity contribution in [1.29, 1.82) is 0 Å². The van der Waals surface area contributed by atoms with E-state index >= 15 is 0 Å². The van der Waals surface area contributed by atoms with Crippen LogP contribution < -0.4 is 11.1 Å². The number of nitro groups is 1. The molecule has 1 aromatic rings. The van der Waals surface area contributed by atoms with Crippen molar-refractivity contribution in [3.05, 3.63) is 38.3 Å². The first-order valence-electron chi connectivity index (χ1n) is 4.87. The molecule has 1 aromatic carbocycles. The Morgan fingerprint density at radius 2 is 2.29 bits per heavy atom. The Kier molecular flexibility index (Phi) is 4.59. The van der Waals surface area contributed by atoms with E-state index in [2.05, 4.69) is 21.2 Å². The maximum absolute atomic E-state index is 10.8. The molecular formula is C10H12BrN3O3. The largest absolute Gasteiger partial charge is 0.368 e. The van der Waals surface area contributed by atoms with Crippen molar-refractivity contribution in [2.75, 3.05) is 0 Å². The normalized spacial score (nSPS) is 12.1. The lowest BCUT2D eigenvalue weighted by molar-refractivity contribution is -0.384. The number of hydrogen-bond acceptors (Lipinski definition) is 4. The van der Waals surface area contributed by atoms with E-state index in [-0.39, 0.29) is 5.69 Å². The summed E-state index contributed by atoms with van der Waals surface area (Å²) in [6.07, 6.45) is 0. The molecule has 0 aromatic heterocycles. The minimum absolute atomic E-state index is 0.0172. The quantitative estimate of drug-likeness (QED) is 0.633. The number of hydrogen-bond donors (Lipinski definition) is 2. The van der Waals surface area contributed by atoms with Crippen molar-refractivity contribution in [2.24, 2.45) is 5.73 Å². The molecule has 0 fully saturated rings. The van der Waals surface area contributed by atoms with Gasteiger partial charge in [-0.05, 0) is 18.6 Å². The predicted octanol–water partition coefficient (Wildman–Crippen LogP) is 1.32. The second-order valence-electron chi connectivity index (χ2n) is 3.54. The van der Waals surface area contributed by atoms with Crippen LogP contribution in [0.15, 0.2) is 22.7 Å². The number of carbonyl (C=O) groups excluding carboxylic acids is 1. The highest BCUT2D eigenvalue weighted by Crippen LogP contribution is 2.22. The van der Waals surface area contributed by atoms with Gasteiger partial charge in [0.2, 0.25) is 5.91 Å². The lowest BCUT2D eigenvalue weighted by atomic mass is 10.2. The van der Waals surface area contributed by atoms with Crippen LogP contribution in [0, 0.1) is 10.1 Å². The molecule has 0 radical (unpaired) electrons. The molecule has 3 N–H and O–H groups in total. The number of nitro benzene ring substituents is 1.